The predicted octanol–water partition coefficient (Wildman–Crippen LogP) is 2.96. The molecule has 88 valence electrons. The summed E-state index contributed by atoms with van der Waals surface area (Å²) in [6.07, 6.45) is 0. The molecule has 0 saturated heterocycles. The zero-order valence-electron chi connectivity index (χ0n) is 9.68. The molecule has 1 aromatic carbocycles. The molecule has 2 aromatic heterocycles. The highest BCUT2D eigenvalue weighted by molar-refractivity contribution is 9.08. The van der Waals surface area contributed by atoms with Gasteiger partial charge < -0.3 is 0 Å². The van der Waals surface area contributed by atoms with Gasteiger partial charge in [-0.15, -0.1) is 0 Å². The van der Waals surface area contributed by atoms with Crippen molar-refractivity contribution in [3.8, 4) is 6.07 Å². The number of halogens is 1. The van der Waals surface area contributed by atoms with Crippen LogP contribution in [-0.2, 0) is 5.33 Å². The van der Waals surface area contributed by atoms with E-state index in [1.54, 1.807) is 4.52 Å². The van der Waals surface area contributed by atoms with E-state index in [9.17, 15) is 5.26 Å². The van der Waals surface area contributed by atoms with Crippen LogP contribution in [0.2, 0.25) is 0 Å². The van der Waals surface area contributed by atoms with Crippen LogP contribution >= 0.6 is 15.9 Å². The maximum atomic E-state index is 9.38. The van der Waals surface area contributed by atoms with E-state index in [4.69, 9.17) is 0 Å². The number of rotatable bonds is 1. The second-order valence-corrected chi connectivity index (χ2v) is 4.57. The molecule has 2 heterocycles. The summed E-state index contributed by atoms with van der Waals surface area (Å²) in [5, 5.41) is 16.2. The third-order valence-corrected chi connectivity index (χ3v) is 3.46. The average Bonchev–Trinajstić information content (AvgIpc) is 2.78. The summed E-state index contributed by atoms with van der Waals surface area (Å²) in [6.45, 7) is 1.85. The molecule has 5 heteroatoms. The lowest BCUT2D eigenvalue weighted by Crippen LogP contribution is -2.01. The lowest BCUT2D eigenvalue weighted by Gasteiger charge is -2.07. The monoisotopic (exact) mass is 300 g/mol. The average molecular weight is 301 g/mol. The number of fused-ring (bicyclic) bond motifs is 3. The molecule has 0 bridgehead atoms. The van der Waals surface area contributed by atoms with Gasteiger partial charge in [0.2, 0.25) is 0 Å². The fourth-order valence-corrected chi connectivity index (χ4v) is 2.70. The Morgan fingerprint density at radius 1 is 1.33 bits per heavy atom. The molecule has 0 aliphatic carbocycles. The summed E-state index contributed by atoms with van der Waals surface area (Å²) >= 11 is 3.43. The van der Waals surface area contributed by atoms with Crippen molar-refractivity contribution in [3.05, 3.63) is 41.3 Å². The number of alkyl halides is 1. The maximum Gasteiger partial charge on any atom is 0.163 e. The number of aryl methyl sites for hydroxylation is 1. The Morgan fingerprint density at radius 3 is 2.72 bits per heavy atom. The van der Waals surface area contributed by atoms with Gasteiger partial charge in [0.15, 0.2) is 5.65 Å². The fourth-order valence-electron chi connectivity index (χ4n) is 2.18. The standard InChI is InChI=1S/C13H9BrN4/c1-8-16-13-10-5-3-2-4-9(10)11(7-15)12(6-14)18(13)17-8/h2-5H,6H2,1H3. The lowest BCUT2D eigenvalue weighted by molar-refractivity contribution is 0.888. The molecule has 0 fully saturated rings. The van der Waals surface area contributed by atoms with Crippen molar-refractivity contribution in [2.75, 3.05) is 0 Å². The summed E-state index contributed by atoms with van der Waals surface area (Å²) in [6, 6.07) is 10.1. The van der Waals surface area contributed by atoms with Gasteiger partial charge in [-0.3, -0.25) is 0 Å². The number of nitrogens with zero attached hydrogens (tertiary/aromatic N) is 4. The number of benzene rings is 1. The minimum Gasteiger partial charge on any atom is -0.215 e. The van der Waals surface area contributed by atoms with Crippen molar-refractivity contribution < 1.29 is 0 Å². The highest BCUT2D eigenvalue weighted by Gasteiger charge is 2.15. The number of hydrogen-bond donors (Lipinski definition) is 0. The topological polar surface area (TPSA) is 54.0 Å². The van der Waals surface area contributed by atoms with Gasteiger partial charge in [-0.25, -0.2) is 9.50 Å². The molecular formula is C13H9BrN4. The van der Waals surface area contributed by atoms with Gasteiger partial charge in [-0.05, 0) is 6.92 Å². The first kappa shape index (κ1) is 11.2. The smallest absolute Gasteiger partial charge is 0.163 e. The molecule has 0 aliphatic rings. The molecule has 4 nitrogen and oxygen atoms in total. The van der Waals surface area contributed by atoms with Gasteiger partial charge in [0, 0.05) is 16.1 Å². The van der Waals surface area contributed by atoms with Crippen LogP contribution in [0.25, 0.3) is 16.4 Å². The molecule has 0 saturated carbocycles. The third kappa shape index (κ3) is 1.42. The van der Waals surface area contributed by atoms with E-state index >= 15 is 0 Å². The fraction of sp³-hybridized carbons (Fsp3) is 0.154. The number of aromatic nitrogens is 3. The van der Waals surface area contributed by atoms with Crippen molar-refractivity contribution in [1.82, 2.24) is 14.6 Å². The van der Waals surface area contributed by atoms with E-state index in [1.165, 1.54) is 0 Å². The van der Waals surface area contributed by atoms with Crippen LogP contribution in [0.5, 0.6) is 0 Å². The first-order chi connectivity index (χ1) is 8.76. The Balaban J connectivity index is 2.66. The third-order valence-electron chi connectivity index (χ3n) is 2.93. The zero-order chi connectivity index (χ0) is 12.7. The highest BCUT2D eigenvalue weighted by atomic mass is 79.9. The second kappa shape index (κ2) is 4.07. The second-order valence-electron chi connectivity index (χ2n) is 4.01. The summed E-state index contributed by atoms with van der Waals surface area (Å²) in [7, 11) is 0. The molecule has 18 heavy (non-hydrogen) atoms. The Morgan fingerprint density at radius 2 is 2.06 bits per heavy atom. The predicted molar refractivity (Wildman–Crippen MR) is 72.6 cm³/mol. The zero-order valence-corrected chi connectivity index (χ0v) is 11.3. The number of pyridine rings is 1. The van der Waals surface area contributed by atoms with Gasteiger partial charge in [0.1, 0.15) is 11.9 Å². The summed E-state index contributed by atoms with van der Waals surface area (Å²) in [5.74, 6) is 0.706. The van der Waals surface area contributed by atoms with Crippen LogP contribution in [0.1, 0.15) is 17.1 Å². The van der Waals surface area contributed by atoms with Crippen LogP contribution in [-0.4, -0.2) is 14.6 Å². The summed E-state index contributed by atoms with van der Waals surface area (Å²) < 4.78 is 1.75. The molecule has 0 radical (unpaired) electrons. The molecule has 3 aromatic rings. The van der Waals surface area contributed by atoms with Crippen LogP contribution in [0.3, 0.4) is 0 Å². The van der Waals surface area contributed by atoms with E-state index in [0.717, 1.165) is 22.1 Å². The Labute approximate surface area is 112 Å². The first-order valence-electron chi connectivity index (χ1n) is 5.49. The van der Waals surface area contributed by atoms with Crippen LogP contribution < -0.4 is 0 Å². The van der Waals surface area contributed by atoms with Crippen molar-refractivity contribution in [1.29, 1.82) is 5.26 Å². The minimum absolute atomic E-state index is 0.569. The molecule has 0 spiro atoms. The minimum atomic E-state index is 0.569. The SMILES string of the molecule is Cc1nc2c3ccccc3c(C#N)c(CBr)n2n1. The first-order valence-corrected chi connectivity index (χ1v) is 6.61. The van der Waals surface area contributed by atoms with Gasteiger partial charge in [0.25, 0.3) is 0 Å². The molecule has 0 unspecified atom stereocenters. The van der Waals surface area contributed by atoms with E-state index in [1.807, 2.05) is 31.2 Å². The van der Waals surface area contributed by atoms with E-state index in [2.05, 4.69) is 32.1 Å². The van der Waals surface area contributed by atoms with Crippen molar-refractivity contribution in [2.24, 2.45) is 0 Å². The van der Waals surface area contributed by atoms with Gasteiger partial charge in [-0.2, -0.15) is 10.4 Å². The van der Waals surface area contributed by atoms with Crippen LogP contribution in [0, 0.1) is 18.3 Å². The van der Waals surface area contributed by atoms with E-state index in [0.29, 0.717) is 16.7 Å². The van der Waals surface area contributed by atoms with Gasteiger partial charge in [0.05, 0.1) is 11.3 Å². The maximum absolute atomic E-state index is 9.38. The Kier molecular flexibility index (Phi) is 2.53. The normalized spacial score (nSPS) is 10.9. The van der Waals surface area contributed by atoms with Crippen molar-refractivity contribution in [3.63, 3.8) is 0 Å². The Bertz CT molecular complexity index is 798. The molecular weight excluding hydrogens is 292 g/mol. The largest absolute Gasteiger partial charge is 0.215 e. The summed E-state index contributed by atoms with van der Waals surface area (Å²) in [5.41, 5.74) is 2.29. The number of hydrogen-bond acceptors (Lipinski definition) is 3. The molecule has 0 aliphatic heterocycles. The molecule has 0 N–H and O–H groups in total. The quantitative estimate of drug-likeness (QED) is 0.649. The van der Waals surface area contributed by atoms with Gasteiger partial charge in [-0.1, -0.05) is 40.2 Å². The number of nitriles is 1. The van der Waals surface area contributed by atoms with Crippen molar-refractivity contribution in [2.45, 2.75) is 12.3 Å². The Hall–Kier alpha value is -1.93. The van der Waals surface area contributed by atoms with E-state index < -0.39 is 0 Å². The van der Waals surface area contributed by atoms with E-state index in [-0.39, 0.29) is 0 Å². The molecule has 0 amide bonds. The van der Waals surface area contributed by atoms with Crippen LogP contribution in [0.4, 0.5) is 0 Å². The van der Waals surface area contributed by atoms with Crippen molar-refractivity contribution >= 4 is 32.3 Å². The lowest BCUT2D eigenvalue weighted by atomic mass is 10.1. The molecule has 0 atom stereocenters. The highest BCUT2D eigenvalue weighted by Crippen LogP contribution is 2.26. The van der Waals surface area contributed by atoms with Crippen LogP contribution in [0.15, 0.2) is 24.3 Å². The molecule has 3 rings (SSSR count). The van der Waals surface area contributed by atoms with Gasteiger partial charge >= 0.3 is 0 Å². The summed E-state index contributed by atoms with van der Waals surface area (Å²) in [4.78, 5) is 4.45.